The van der Waals surface area contributed by atoms with Crippen molar-refractivity contribution in [3.63, 3.8) is 0 Å². The summed E-state index contributed by atoms with van der Waals surface area (Å²) in [4.78, 5) is 1.68. The van der Waals surface area contributed by atoms with Gasteiger partial charge in [-0.3, -0.25) is 4.90 Å². The average Bonchev–Trinajstić information content (AvgIpc) is 2.74. The molecular weight excluding hydrogens is 455 g/mol. The summed E-state index contributed by atoms with van der Waals surface area (Å²) in [7, 11) is 0. The molecule has 4 heteroatoms. The zero-order chi connectivity index (χ0) is 27.6. The first kappa shape index (κ1) is 35.8. The van der Waals surface area contributed by atoms with Crippen molar-refractivity contribution in [3.8, 4) is 0 Å². The van der Waals surface area contributed by atoms with Gasteiger partial charge in [0.1, 0.15) is 0 Å². The van der Waals surface area contributed by atoms with Crippen LogP contribution < -0.4 is 0 Å². The number of hydrogen-bond acceptors (Lipinski definition) is 1. The first-order chi connectivity index (χ1) is 16.8. The Hall–Kier alpha value is -0.250. The van der Waals surface area contributed by atoms with Gasteiger partial charge in [-0.1, -0.05) is 132 Å². The summed E-state index contributed by atoms with van der Waals surface area (Å²) in [5.74, 6) is 4.10. The first-order valence-electron chi connectivity index (χ1n) is 15.6. The molecule has 0 N–H and O–H groups in total. The van der Waals surface area contributed by atoms with Crippen LogP contribution in [-0.4, -0.2) is 30.7 Å². The molecule has 0 saturated heterocycles. The van der Waals surface area contributed by atoms with Crippen LogP contribution >= 0.6 is 0 Å². The van der Waals surface area contributed by atoms with Gasteiger partial charge in [-0.15, -0.1) is 0 Å². The normalized spacial score (nSPS) is 16.2. The molecule has 218 valence electrons. The summed E-state index contributed by atoms with van der Waals surface area (Å²) in [6.07, 6.45) is 12.7. The Bertz CT molecular complexity index is 452. The maximum absolute atomic E-state index is 13.2. The number of halogens is 3. The lowest BCUT2D eigenvalue weighted by Crippen LogP contribution is -2.36. The van der Waals surface area contributed by atoms with Gasteiger partial charge in [-0.25, -0.2) is 0 Å². The van der Waals surface area contributed by atoms with Crippen LogP contribution in [-0.2, 0) is 0 Å². The van der Waals surface area contributed by atoms with Gasteiger partial charge in [0.2, 0.25) is 0 Å². The lowest BCUT2D eigenvalue weighted by atomic mass is 9.92. The van der Waals surface area contributed by atoms with Gasteiger partial charge in [0, 0.05) is 0 Å². The highest BCUT2D eigenvalue weighted by atomic mass is 19.4. The SMILES string of the molecule is CC(C)CCCC(C)CCCC(C)CCN(CCC(C)CCCC(C)CCCC(C)C)CC(F)(F)F. The Labute approximate surface area is 224 Å². The van der Waals surface area contributed by atoms with Crippen molar-refractivity contribution in [2.24, 2.45) is 35.5 Å². The Balaban J connectivity index is 4.22. The smallest absolute Gasteiger partial charge is 0.295 e. The van der Waals surface area contributed by atoms with Gasteiger partial charge in [0.05, 0.1) is 6.54 Å². The lowest BCUT2D eigenvalue weighted by Gasteiger charge is -2.26. The Morgan fingerprint density at radius 1 is 0.444 bits per heavy atom. The van der Waals surface area contributed by atoms with Crippen LogP contribution in [0.15, 0.2) is 0 Å². The summed E-state index contributed by atoms with van der Waals surface area (Å²) >= 11 is 0. The molecule has 0 aromatic heterocycles. The lowest BCUT2D eigenvalue weighted by molar-refractivity contribution is -0.146. The highest BCUT2D eigenvalue weighted by Crippen LogP contribution is 2.24. The van der Waals surface area contributed by atoms with Crippen molar-refractivity contribution < 1.29 is 13.2 Å². The maximum atomic E-state index is 13.2. The van der Waals surface area contributed by atoms with E-state index in [1.54, 1.807) is 4.90 Å². The molecule has 0 rings (SSSR count). The molecule has 0 aromatic carbocycles. The largest absolute Gasteiger partial charge is 0.401 e. The van der Waals surface area contributed by atoms with E-state index in [0.717, 1.165) is 49.4 Å². The monoisotopic (exact) mass is 519 g/mol. The standard InChI is InChI=1S/C32H64F3N/c1-26(2)13-9-15-28(5)17-11-19-30(7)21-23-36(25-32(33,34)35)24-22-31(8)20-12-18-29(6)16-10-14-27(3)4/h26-31H,9-25H2,1-8H3. The highest BCUT2D eigenvalue weighted by molar-refractivity contribution is 4.68. The van der Waals surface area contributed by atoms with Crippen LogP contribution in [0.5, 0.6) is 0 Å². The quantitative estimate of drug-likeness (QED) is 0.130. The second kappa shape index (κ2) is 20.7. The van der Waals surface area contributed by atoms with Crippen molar-refractivity contribution in [3.05, 3.63) is 0 Å². The topological polar surface area (TPSA) is 3.24 Å². The molecule has 0 aliphatic carbocycles. The molecule has 0 bridgehead atoms. The van der Waals surface area contributed by atoms with Gasteiger partial charge < -0.3 is 0 Å². The van der Waals surface area contributed by atoms with Crippen LogP contribution in [0.4, 0.5) is 13.2 Å². The predicted octanol–water partition coefficient (Wildman–Crippen LogP) is 11.2. The molecule has 0 aliphatic rings. The van der Waals surface area contributed by atoms with Crippen molar-refractivity contribution in [2.75, 3.05) is 19.6 Å². The zero-order valence-corrected chi connectivity index (χ0v) is 25.6. The molecule has 0 spiro atoms. The third kappa shape index (κ3) is 24.1. The minimum atomic E-state index is -4.11. The molecule has 0 aliphatic heterocycles. The fraction of sp³-hybridized carbons (Fsp3) is 1.00. The molecule has 0 heterocycles. The predicted molar refractivity (Wildman–Crippen MR) is 153 cm³/mol. The maximum Gasteiger partial charge on any atom is 0.401 e. The van der Waals surface area contributed by atoms with Crippen LogP contribution in [0.3, 0.4) is 0 Å². The van der Waals surface area contributed by atoms with Crippen molar-refractivity contribution >= 4 is 0 Å². The molecule has 36 heavy (non-hydrogen) atoms. The fourth-order valence-electron chi connectivity index (χ4n) is 5.29. The van der Waals surface area contributed by atoms with E-state index in [4.69, 9.17) is 0 Å². The molecular formula is C32H64F3N. The third-order valence-electron chi connectivity index (χ3n) is 8.02. The first-order valence-corrected chi connectivity index (χ1v) is 15.6. The third-order valence-corrected chi connectivity index (χ3v) is 8.02. The van der Waals surface area contributed by atoms with Crippen LogP contribution in [0, 0.1) is 35.5 Å². The molecule has 0 amide bonds. The van der Waals surface area contributed by atoms with E-state index in [0.29, 0.717) is 24.9 Å². The molecule has 0 saturated carbocycles. The number of alkyl halides is 3. The van der Waals surface area contributed by atoms with Crippen molar-refractivity contribution in [1.82, 2.24) is 4.90 Å². The van der Waals surface area contributed by atoms with Crippen molar-refractivity contribution in [2.45, 2.75) is 151 Å². The van der Waals surface area contributed by atoms with Crippen LogP contribution in [0.25, 0.3) is 0 Å². The van der Waals surface area contributed by atoms with Gasteiger partial charge in [-0.05, 0) is 61.4 Å². The van der Waals surface area contributed by atoms with E-state index in [9.17, 15) is 13.2 Å². The van der Waals surface area contributed by atoms with Crippen LogP contribution in [0.1, 0.15) is 145 Å². The number of rotatable bonds is 23. The summed E-state index contributed by atoms with van der Waals surface area (Å²) in [6.45, 7) is 18.7. The number of nitrogens with zero attached hydrogens (tertiary/aromatic N) is 1. The molecule has 0 fully saturated rings. The van der Waals surface area contributed by atoms with Gasteiger partial charge >= 0.3 is 6.18 Å². The molecule has 4 unspecified atom stereocenters. The van der Waals surface area contributed by atoms with Gasteiger partial charge in [0.15, 0.2) is 0 Å². The van der Waals surface area contributed by atoms with E-state index in [1.807, 2.05) is 0 Å². The van der Waals surface area contributed by atoms with E-state index in [-0.39, 0.29) is 0 Å². The van der Waals surface area contributed by atoms with E-state index in [1.165, 1.54) is 64.2 Å². The molecule has 1 nitrogen and oxygen atoms in total. The minimum absolute atomic E-state index is 0.498. The summed E-state index contributed by atoms with van der Waals surface area (Å²) in [5.41, 5.74) is 0. The number of hydrogen-bond donors (Lipinski definition) is 0. The fourth-order valence-corrected chi connectivity index (χ4v) is 5.29. The average molecular weight is 520 g/mol. The van der Waals surface area contributed by atoms with Gasteiger partial charge in [-0.2, -0.15) is 13.2 Å². The van der Waals surface area contributed by atoms with E-state index >= 15 is 0 Å². The summed E-state index contributed by atoms with van der Waals surface area (Å²) in [5, 5.41) is 0. The van der Waals surface area contributed by atoms with E-state index < -0.39 is 12.7 Å². The Kier molecular flexibility index (Phi) is 20.5. The minimum Gasteiger partial charge on any atom is -0.295 e. The van der Waals surface area contributed by atoms with E-state index in [2.05, 4.69) is 55.4 Å². The highest BCUT2D eigenvalue weighted by Gasteiger charge is 2.30. The summed E-state index contributed by atoms with van der Waals surface area (Å²) < 4.78 is 39.6. The Morgan fingerprint density at radius 3 is 1.00 bits per heavy atom. The Morgan fingerprint density at radius 2 is 0.722 bits per heavy atom. The second-order valence-corrected chi connectivity index (χ2v) is 13.4. The molecule has 4 atom stereocenters. The molecule has 0 radical (unpaired) electrons. The van der Waals surface area contributed by atoms with Gasteiger partial charge in [0.25, 0.3) is 0 Å². The molecule has 0 aromatic rings. The second-order valence-electron chi connectivity index (χ2n) is 13.4. The van der Waals surface area contributed by atoms with Crippen LogP contribution in [0.2, 0.25) is 0 Å². The summed E-state index contributed by atoms with van der Waals surface area (Å²) in [6, 6.07) is 0. The zero-order valence-electron chi connectivity index (χ0n) is 25.6. The van der Waals surface area contributed by atoms with Crippen molar-refractivity contribution in [1.29, 1.82) is 0 Å².